The van der Waals surface area contributed by atoms with Gasteiger partial charge in [-0.3, -0.25) is 4.79 Å². The Labute approximate surface area is 130 Å². The number of nitrogens with zero attached hydrogens (tertiary/aromatic N) is 2. The highest BCUT2D eigenvalue weighted by atomic mass is 16.6. The molecule has 1 unspecified atom stereocenters. The predicted octanol–water partition coefficient (Wildman–Crippen LogP) is 1.20. The predicted molar refractivity (Wildman–Crippen MR) is 83.0 cm³/mol. The van der Waals surface area contributed by atoms with E-state index >= 15 is 0 Å². The summed E-state index contributed by atoms with van der Waals surface area (Å²) in [5.74, 6) is -0.121. The van der Waals surface area contributed by atoms with Crippen LogP contribution in [-0.4, -0.2) is 54.5 Å². The summed E-state index contributed by atoms with van der Waals surface area (Å²) in [7, 11) is 1.71. The van der Waals surface area contributed by atoms with E-state index in [1.165, 1.54) is 0 Å². The van der Waals surface area contributed by atoms with Crippen LogP contribution in [0.5, 0.6) is 0 Å². The maximum Gasteiger partial charge on any atom is 0.410 e. The number of hydrogen-bond donors (Lipinski definition) is 1. The number of carbonyl (C=O) groups is 2. The maximum absolute atomic E-state index is 12.2. The Kier molecular flexibility index (Phi) is 5.77. The van der Waals surface area contributed by atoms with Crippen molar-refractivity contribution < 1.29 is 14.3 Å². The molecule has 0 bridgehead atoms. The van der Waals surface area contributed by atoms with Gasteiger partial charge in [-0.1, -0.05) is 30.3 Å². The quantitative estimate of drug-likeness (QED) is 0.887. The maximum atomic E-state index is 12.2. The highest BCUT2D eigenvalue weighted by Gasteiger charge is 2.31. The molecule has 0 radical (unpaired) electrons. The van der Waals surface area contributed by atoms with Gasteiger partial charge in [0.25, 0.3) is 0 Å². The Bertz CT molecular complexity index is 507. The van der Waals surface area contributed by atoms with Crippen LogP contribution in [0.3, 0.4) is 0 Å². The minimum absolute atomic E-state index is 0.00349. The lowest BCUT2D eigenvalue weighted by Gasteiger charge is -2.28. The third-order valence-corrected chi connectivity index (χ3v) is 3.90. The van der Waals surface area contributed by atoms with Gasteiger partial charge in [-0.2, -0.15) is 0 Å². The molecule has 1 aliphatic rings. The molecule has 1 aliphatic heterocycles. The minimum Gasteiger partial charge on any atom is -0.445 e. The van der Waals surface area contributed by atoms with Crippen molar-refractivity contribution in [2.75, 3.05) is 26.7 Å². The van der Waals surface area contributed by atoms with Gasteiger partial charge in [-0.05, 0) is 18.4 Å². The Morgan fingerprint density at radius 3 is 2.77 bits per heavy atom. The van der Waals surface area contributed by atoms with Gasteiger partial charge in [-0.15, -0.1) is 0 Å². The molecule has 6 nitrogen and oxygen atoms in total. The van der Waals surface area contributed by atoms with Gasteiger partial charge in [0.15, 0.2) is 0 Å². The van der Waals surface area contributed by atoms with Crippen molar-refractivity contribution in [1.29, 1.82) is 0 Å². The van der Waals surface area contributed by atoms with E-state index in [1.54, 1.807) is 16.8 Å². The first kappa shape index (κ1) is 16.3. The number of benzene rings is 1. The Balaban J connectivity index is 1.86. The SMILES string of the molecule is CN(CC1CCCN1C(=O)OCc1ccccc1)C(=O)CN. The van der Waals surface area contributed by atoms with E-state index in [1.807, 2.05) is 30.3 Å². The molecule has 0 spiro atoms. The summed E-state index contributed by atoms with van der Waals surface area (Å²) in [6.07, 6.45) is 1.48. The van der Waals surface area contributed by atoms with Gasteiger partial charge in [0.05, 0.1) is 12.6 Å². The van der Waals surface area contributed by atoms with Crippen LogP contribution in [0.25, 0.3) is 0 Å². The summed E-state index contributed by atoms with van der Waals surface area (Å²) in [6.45, 7) is 1.42. The number of nitrogens with two attached hydrogens (primary N) is 1. The normalized spacial score (nSPS) is 17.4. The summed E-state index contributed by atoms with van der Waals surface area (Å²) in [5.41, 5.74) is 6.32. The average molecular weight is 305 g/mol. The molecule has 2 amide bonds. The van der Waals surface area contributed by atoms with E-state index in [2.05, 4.69) is 0 Å². The topological polar surface area (TPSA) is 75.9 Å². The van der Waals surface area contributed by atoms with Crippen LogP contribution < -0.4 is 5.73 Å². The second kappa shape index (κ2) is 7.79. The molecule has 120 valence electrons. The third kappa shape index (κ3) is 4.21. The first-order valence-corrected chi connectivity index (χ1v) is 7.53. The summed E-state index contributed by atoms with van der Waals surface area (Å²) < 4.78 is 5.37. The molecule has 1 saturated heterocycles. The average Bonchev–Trinajstić information content (AvgIpc) is 3.00. The molecule has 1 atom stereocenters. The lowest BCUT2D eigenvalue weighted by Crippen LogP contribution is -2.45. The van der Waals surface area contributed by atoms with Crippen molar-refractivity contribution in [1.82, 2.24) is 9.80 Å². The molecule has 1 heterocycles. The van der Waals surface area contributed by atoms with Crippen molar-refractivity contribution in [3.05, 3.63) is 35.9 Å². The van der Waals surface area contributed by atoms with Crippen LogP contribution in [0.15, 0.2) is 30.3 Å². The molecule has 22 heavy (non-hydrogen) atoms. The first-order valence-electron chi connectivity index (χ1n) is 7.53. The first-order chi connectivity index (χ1) is 10.6. The second-order valence-electron chi connectivity index (χ2n) is 5.51. The standard InChI is InChI=1S/C16H23N3O3/c1-18(15(20)10-17)11-14-8-5-9-19(14)16(21)22-12-13-6-3-2-4-7-13/h2-4,6-7,14H,5,8-12,17H2,1H3. The molecule has 0 saturated carbocycles. The summed E-state index contributed by atoms with van der Waals surface area (Å²) >= 11 is 0. The van der Waals surface area contributed by atoms with Gasteiger partial charge < -0.3 is 20.3 Å². The molecule has 6 heteroatoms. The van der Waals surface area contributed by atoms with Crippen LogP contribution in [0.1, 0.15) is 18.4 Å². The Hall–Kier alpha value is -2.08. The summed E-state index contributed by atoms with van der Waals surface area (Å²) in [6, 6.07) is 9.59. The second-order valence-corrected chi connectivity index (χ2v) is 5.51. The number of likely N-dealkylation sites (tertiary alicyclic amines) is 1. The number of amides is 2. The molecular formula is C16H23N3O3. The Morgan fingerprint density at radius 1 is 1.36 bits per heavy atom. The smallest absolute Gasteiger partial charge is 0.410 e. The van der Waals surface area contributed by atoms with Crippen LogP contribution in [0.2, 0.25) is 0 Å². The number of likely N-dealkylation sites (N-methyl/N-ethyl adjacent to an activating group) is 1. The van der Waals surface area contributed by atoms with Gasteiger partial charge in [0.1, 0.15) is 6.61 Å². The lowest BCUT2D eigenvalue weighted by atomic mass is 10.2. The lowest BCUT2D eigenvalue weighted by molar-refractivity contribution is -0.129. The Morgan fingerprint density at radius 2 is 2.09 bits per heavy atom. The monoisotopic (exact) mass is 305 g/mol. The third-order valence-electron chi connectivity index (χ3n) is 3.90. The molecule has 0 aromatic heterocycles. The largest absolute Gasteiger partial charge is 0.445 e. The summed E-state index contributed by atoms with van der Waals surface area (Å²) in [4.78, 5) is 27.1. The van der Waals surface area contributed by atoms with Gasteiger partial charge in [-0.25, -0.2) is 4.79 Å². The van der Waals surface area contributed by atoms with Crippen molar-refractivity contribution in [2.24, 2.45) is 5.73 Å². The van der Waals surface area contributed by atoms with Crippen LogP contribution in [-0.2, 0) is 16.1 Å². The zero-order valence-corrected chi connectivity index (χ0v) is 12.9. The minimum atomic E-state index is -0.319. The molecule has 0 aliphatic carbocycles. The van der Waals surface area contributed by atoms with E-state index in [4.69, 9.17) is 10.5 Å². The van der Waals surface area contributed by atoms with Crippen LogP contribution in [0, 0.1) is 0 Å². The fraction of sp³-hybridized carbons (Fsp3) is 0.500. The fourth-order valence-corrected chi connectivity index (χ4v) is 2.64. The van der Waals surface area contributed by atoms with Gasteiger partial charge in [0.2, 0.25) is 5.91 Å². The van der Waals surface area contributed by atoms with Crippen molar-refractivity contribution >= 4 is 12.0 Å². The highest BCUT2D eigenvalue weighted by molar-refractivity contribution is 5.77. The molecule has 1 aromatic carbocycles. The van der Waals surface area contributed by atoms with E-state index in [-0.39, 0.29) is 31.2 Å². The van der Waals surface area contributed by atoms with Crippen molar-refractivity contribution in [2.45, 2.75) is 25.5 Å². The van der Waals surface area contributed by atoms with E-state index < -0.39 is 0 Å². The fourth-order valence-electron chi connectivity index (χ4n) is 2.64. The molecular weight excluding hydrogens is 282 g/mol. The number of carbonyl (C=O) groups excluding carboxylic acids is 2. The van der Waals surface area contributed by atoms with E-state index in [0.29, 0.717) is 13.1 Å². The van der Waals surface area contributed by atoms with E-state index in [9.17, 15) is 9.59 Å². The van der Waals surface area contributed by atoms with Crippen molar-refractivity contribution in [3.63, 3.8) is 0 Å². The molecule has 1 aromatic rings. The van der Waals surface area contributed by atoms with Crippen LogP contribution >= 0.6 is 0 Å². The molecule has 1 fully saturated rings. The van der Waals surface area contributed by atoms with E-state index in [0.717, 1.165) is 18.4 Å². The van der Waals surface area contributed by atoms with Crippen molar-refractivity contribution in [3.8, 4) is 0 Å². The number of rotatable bonds is 5. The molecule has 2 N–H and O–H groups in total. The van der Waals surface area contributed by atoms with Crippen LogP contribution in [0.4, 0.5) is 4.79 Å². The highest BCUT2D eigenvalue weighted by Crippen LogP contribution is 2.19. The number of ether oxygens (including phenoxy) is 1. The zero-order valence-electron chi connectivity index (χ0n) is 12.9. The summed E-state index contributed by atoms with van der Waals surface area (Å²) in [5, 5.41) is 0. The molecule has 2 rings (SSSR count). The van der Waals surface area contributed by atoms with Gasteiger partial charge in [0, 0.05) is 20.1 Å². The van der Waals surface area contributed by atoms with Gasteiger partial charge >= 0.3 is 6.09 Å². The zero-order chi connectivity index (χ0) is 15.9. The number of hydrogen-bond acceptors (Lipinski definition) is 4.